The Balaban J connectivity index is 2.78. The average Bonchev–Trinajstić information content (AvgIpc) is 2.97. The summed E-state index contributed by atoms with van der Waals surface area (Å²) < 4.78 is 0. The number of hydrogen-bond donors (Lipinski definition) is 2. The van der Waals surface area contributed by atoms with Crippen LogP contribution < -0.4 is 5.32 Å². The number of H-pyrrole nitrogens is 1. The minimum absolute atomic E-state index is 0.0573. The fourth-order valence-corrected chi connectivity index (χ4v) is 1.44. The lowest BCUT2D eigenvalue weighted by Gasteiger charge is -2.06. The van der Waals surface area contributed by atoms with Gasteiger partial charge in [-0.2, -0.15) is 5.26 Å². The van der Waals surface area contributed by atoms with E-state index in [9.17, 15) is 4.79 Å². The van der Waals surface area contributed by atoms with Gasteiger partial charge in [0.25, 0.3) is 5.91 Å². The fourth-order valence-electron chi connectivity index (χ4n) is 1.30. The van der Waals surface area contributed by atoms with Crippen molar-refractivity contribution in [2.45, 2.75) is 0 Å². The molecule has 0 unspecified atom stereocenters. The lowest BCUT2D eigenvalue weighted by Crippen LogP contribution is -2.26. The van der Waals surface area contributed by atoms with Crippen LogP contribution in [0.5, 0.6) is 0 Å². The maximum Gasteiger partial charge on any atom is 0.262 e. The molecule has 1 aromatic rings. The molecule has 1 amide bonds. The van der Waals surface area contributed by atoms with Gasteiger partial charge in [0.2, 0.25) is 0 Å². The van der Waals surface area contributed by atoms with Crippen LogP contribution in [0.15, 0.2) is 53.9 Å². The van der Waals surface area contributed by atoms with Gasteiger partial charge in [0, 0.05) is 30.0 Å². The first-order valence-electron chi connectivity index (χ1n) is 5.65. The van der Waals surface area contributed by atoms with Crippen molar-refractivity contribution in [2.75, 3.05) is 6.54 Å². The van der Waals surface area contributed by atoms with Gasteiger partial charge in [-0.05, 0) is 5.57 Å². The van der Waals surface area contributed by atoms with Crippen molar-refractivity contribution in [1.82, 2.24) is 15.3 Å². The molecule has 1 heterocycles. The number of allylic oxidation sites excluding steroid dienone is 2. The SMILES string of the molecule is C=C/C(Cl)=C(\C=C)CNC(=O)/C(C#N)=C/c1ncc[nH]1. The van der Waals surface area contributed by atoms with Crippen LogP contribution in [0.3, 0.4) is 0 Å². The second kappa shape index (κ2) is 7.77. The summed E-state index contributed by atoms with van der Waals surface area (Å²) >= 11 is 5.89. The van der Waals surface area contributed by atoms with Gasteiger partial charge in [-0.25, -0.2) is 4.98 Å². The Morgan fingerprint density at radius 1 is 1.55 bits per heavy atom. The molecule has 0 aliphatic carbocycles. The molecule has 0 spiro atoms. The van der Waals surface area contributed by atoms with Crippen LogP contribution in [0.4, 0.5) is 0 Å². The molecule has 2 N–H and O–H groups in total. The second-order valence-electron chi connectivity index (χ2n) is 3.61. The Hall–Kier alpha value is -2.58. The number of carbonyl (C=O) groups excluding carboxylic acids is 1. The van der Waals surface area contributed by atoms with Crippen molar-refractivity contribution >= 4 is 23.6 Å². The molecule has 0 saturated carbocycles. The van der Waals surface area contributed by atoms with Crippen LogP contribution in [0, 0.1) is 11.3 Å². The Morgan fingerprint density at radius 3 is 2.80 bits per heavy atom. The lowest BCUT2D eigenvalue weighted by molar-refractivity contribution is -0.116. The summed E-state index contributed by atoms with van der Waals surface area (Å²) in [5, 5.41) is 12.0. The Kier molecular flexibility index (Phi) is 6.01. The van der Waals surface area contributed by atoms with Gasteiger partial charge in [-0.3, -0.25) is 4.79 Å². The smallest absolute Gasteiger partial charge is 0.262 e. The normalized spacial score (nSPS) is 12.1. The van der Waals surface area contributed by atoms with Crippen LogP contribution in [0.1, 0.15) is 5.82 Å². The summed E-state index contributed by atoms with van der Waals surface area (Å²) in [6.45, 7) is 7.29. The number of nitriles is 1. The van der Waals surface area contributed by atoms with E-state index in [4.69, 9.17) is 16.9 Å². The quantitative estimate of drug-likeness (QED) is 0.479. The molecule has 5 nitrogen and oxygen atoms in total. The van der Waals surface area contributed by atoms with E-state index in [2.05, 4.69) is 28.4 Å². The van der Waals surface area contributed by atoms with E-state index < -0.39 is 5.91 Å². The zero-order valence-corrected chi connectivity index (χ0v) is 11.4. The lowest BCUT2D eigenvalue weighted by atomic mass is 10.2. The molecule has 1 aromatic heterocycles. The summed E-state index contributed by atoms with van der Waals surface area (Å²) in [6, 6.07) is 1.82. The van der Waals surface area contributed by atoms with E-state index in [1.807, 2.05) is 6.07 Å². The molecule has 6 heteroatoms. The number of imidazole rings is 1. The van der Waals surface area contributed by atoms with Gasteiger partial charge in [0.15, 0.2) is 0 Å². The molecule has 1 rings (SSSR count). The van der Waals surface area contributed by atoms with Crippen LogP contribution >= 0.6 is 11.6 Å². The molecule has 20 heavy (non-hydrogen) atoms. The molecule has 0 aromatic carbocycles. The number of aromatic nitrogens is 2. The number of rotatable bonds is 6. The summed E-state index contributed by atoms with van der Waals surface area (Å²) in [5.74, 6) is -0.0860. The molecular formula is C14H13ClN4O. The zero-order valence-electron chi connectivity index (χ0n) is 10.7. The minimum Gasteiger partial charge on any atom is -0.347 e. The van der Waals surface area contributed by atoms with Crippen molar-refractivity contribution in [3.05, 3.63) is 59.7 Å². The molecule has 0 fully saturated rings. The number of nitrogens with one attached hydrogen (secondary N) is 2. The van der Waals surface area contributed by atoms with E-state index in [0.29, 0.717) is 16.4 Å². The predicted octanol–water partition coefficient (Wildman–Crippen LogP) is 2.30. The predicted molar refractivity (Wildman–Crippen MR) is 78.5 cm³/mol. The van der Waals surface area contributed by atoms with Gasteiger partial charge >= 0.3 is 0 Å². The van der Waals surface area contributed by atoms with Gasteiger partial charge in [0.1, 0.15) is 17.5 Å². The zero-order chi connectivity index (χ0) is 15.0. The number of nitrogens with zero attached hydrogens (tertiary/aromatic N) is 2. The topological polar surface area (TPSA) is 81.6 Å². The maximum atomic E-state index is 11.9. The van der Waals surface area contributed by atoms with Crippen molar-refractivity contribution in [3.8, 4) is 6.07 Å². The maximum absolute atomic E-state index is 11.9. The highest BCUT2D eigenvalue weighted by Crippen LogP contribution is 2.11. The molecule has 102 valence electrons. The summed E-state index contributed by atoms with van der Waals surface area (Å²) in [5.41, 5.74) is 0.559. The number of carbonyl (C=O) groups is 1. The highest BCUT2D eigenvalue weighted by atomic mass is 35.5. The first-order valence-corrected chi connectivity index (χ1v) is 6.03. The van der Waals surface area contributed by atoms with Crippen molar-refractivity contribution in [1.29, 1.82) is 5.26 Å². The van der Waals surface area contributed by atoms with E-state index in [1.165, 1.54) is 24.4 Å². The van der Waals surface area contributed by atoms with Crippen LogP contribution in [0.25, 0.3) is 6.08 Å². The van der Waals surface area contributed by atoms with Gasteiger partial charge < -0.3 is 10.3 Å². The van der Waals surface area contributed by atoms with Gasteiger partial charge in [-0.1, -0.05) is 36.9 Å². The number of halogens is 1. The Labute approximate surface area is 122 Å². The fraction of sp³-hybridized carbons (Fsp3) is 0.0714. The van der Waals surface area contributed by atoms with E-state index >= 15 is 0 Å². The molecule has 0 aliphatic heterocycles. The Bertz CT molecular complexity index is 606. The highest BCUT2D eigenvalue weighted by molar-refractivity contribution is 6.31. The highest BCUT2D eigenvalue weighted by Gasteiger charge is 2.10. The summed E-state index contributed by atoms with van der Waals surface area (Å²) in [4.78, 5) is 18.6. The van der Waals surface area contributed by atoms with E-state index in [-0.39, 0.29) is 12.1 Å². The molecule has 0 aliphatic rings. The van der Waals surface area contributed by atoms with Crippen LogP contribution in [-0.2, 0) is 4.79 Å². The third-order valence-corrected chi connectivity index (χ3v) is 2.73. The van der Waals surface area contributed by atoms with E-state index in [0.717, 1.165) is 0 Å². The van der Waals surface area contributed by atoms with Crippen LogP contribution in [-0.4, -0.2) is 22.4 Å². The third-order valence-electron chi connectivity index (χ3n) is 2.34. The molecule has 0 atom stereocenters. The molecule has 0 saturated heterocycles. The molecule has 0 bridgehead atoms. The van der Waals surface area contributed by atoms with Gasteiger partial charge in [0.05, 0.1) is 0 Å². The first-order chi connectivity index (χ1) is 9.62. The second-order valence-corrected chi connectivity index (χ2v) is 4.02. The van der Waals surface area contributed by atoms with Crippen LogP contribution in [0.2, 0.25) is 0 Å². The van der Waals surface area contributed by atoms with Crippen molar-refractivity contribution in [3.63, 3.8) is 0 Å². The molecule has 0 radical (unpaired) electrons. The van der Waals surface area contributed by atoms with E-state index in [1.54, 1.807) is 6.20 Å². The minimum atomic E-state index is -0.517. The Morgan fingerprint density at radius 2 is 2.30 bits per heavy atom. The monoisotopic (exact) mass is 288 g/mol. The number of aromatic amines is 1. The summed E-state index contributed by atoms with van der Waals surface area (Å²) in [6.07, 6.45) is 7.46. The standard InChI is InChI=1S/C14H13ClN4O/c1-3-10(12(15)4-2)9-19-14(20)11(8-16)7-13-17-5-6-18-13/h3-7H,1-2,9H2,(H,17,18)(H,19,20)/b11-7+,12-10-. The van der Waals surface area contributed by atoms with Gasteiger partial charge in [-0.15, -0.1) is 0 Å². The number of hydrogen-bond acceptors (Lipinski definition) is 3. The third kappa shape index (κ3) is 4.26. The number of amides is 1. The largest absolute Gasteiger partial charge is 0.347 e. The average molecular weight is 289 g/mol. The molecular weight excluding hydrogens is 276 g/mol. The first kappa shape index (κ1) is 15.5. The van der Waals surface area contributed by atoms with Crippen molar-refractivity contribution < 1.29 is 4.79 Å². The van der Waals surface area contributed by atoms with Crippen molar-refractivity contribution in [2.24, 2.45) is 0 Å². The summed E-state index contributed by atoms with van der Waals surface area (Å²) in [7, 11) is 0.